The fraction of sp³-hybridized carbons (Fsp3) is 0.304. The molecule has 0 saturated carbocycles. The molecule has 0 spiro atoms. The number of fused-ring (bicyclic) bond motifs is 2. The van der Waals surface area contributed by atoms with Crippen LogP contribution in [0.25, 0.3) is 28.1 Å². The molecule has 1 aromatic carbocycles. The number of carbonyl (C=O) groups excluding carboxylic acids is 1. The SMILES string of the molecule is CNC(=O)c1ccc2ccc(-c3nnc4ccc(C(N5CCC(N)C5)C(F)(F)F)cn34)nc2c1. The first kappa shape index (κ1) is 22.2. The normalized spacial score (nSPS) is 18.0. The number of nitrogens with two attached hydrogens (primary N) is 1. The predicted octanol–water partition coefficient (Wildman–Crippen LogP) is 2.94. The van der Waals surface area contributed by atoms with Crippen molar-refractivity contribution in [3.8, 4) is 11.5 Å². The second-order valence-electron chi connectivity index (χ2n) is 8.39. The van der Waals surface area contributed by atoms with Crippen molar-refractivity contribution in [2.24, 2.45) is 5.73 Å². The molecule has 5 rings (SSSR count). The van der Waals surface area contributed by atoms with Gasteiger partial charge in [0.25, 0.3) is 5.91 Å². The molecule has 0 bridgehead atoms. The summed E-state index contributed by atoms with van der Waals surface area (Å²) in [6.45, 7) is 0.454. The van der Waals surface area contributed by atoms with Gasteiger partial charge < -0.3 is 11.1 Å². The number of aromatic nitrogens is 4. The molecule has 2 atom stereocenters. The van der Waals surface area contributed by atoms with E-state index in [1.807, 2.05) is 6.07 Å². The van der Waals surface area contributed by atoms with Crippen molar-refractivity contribution >= 4 is 22.5 Å². The van der Waals surface area contributed by atoms with E-state index in [2.05, 4.69) is 20.5 Å². The molecule has 8 nitrogen and oxygen atoms in total. The summed E-state index contributed by atoms with van der Waals surface area (Å²) in [5.41, 5.74) is 7.80. The highest BCUT2D eigenvalue weighted by molar-refractivity contribution is 5.97. The van der Waals surface area contributed by atoms with Gasteiger partial charge in [-0.05, 0) is 36.2 Å². The average Bonchev–Trinajstić information content (AvgIpc) is 3.43. The molecule has 3 N–H and O–H groups in total. The first-order chi connectivity index (χ1) is 16.2. The Bertz CT molecular complexity index is 1380. The Balaban J connectivity index is 1.59. The number of carbonyl (C=O) groups is 1. The van der Waals surface area contributed by atoms with E-state index in [1.165, 1.54) is 27.6 Å². The summed E-state index contributed by atoms with van der Waals surface area (Å²) in [6.07, 6.45) is -2.53. The van der Waals surface area contributed by atoms with Crippen LogP contribution in [0.1, 0.15) is 28.4 Å². The van der Waals surface area contributed by atoms with E-state index in [9.17, 15) is 18.0 Å². The third-order valence-electron chi connectivity index (χ3n) is 6.08. The highest BCUT2D eigenvalue weighted by Crippen LogP contribution is 2.39. The Morgan fingerprint density at radius 2 is 1.97 bits per heavy atom. The molecular weight excluding hydrogens is 447 g/mol. The van der Waals surface area contributed by atoms with Crippen molar-refractivity contribution in [2.45, 2.75) is 24.7 Å². The molecule has 1 saturated heterocycles. The van der Waals surface area contributed by atoms with Gasteiger partial charge in [-0.1, -0.05) is 18.2 Å². The molecule has 0 aliphatic carbocycles. The minimum atomic E-state index is -4.47. The van der Waals surface area contributed by atoms with Crippen LogP contribution in [-0.2, 0) is 0 Å². The lowest BCUT2D eigenvalue weighted by Gasteiger charge is -2.30. The third kappa shape index (κ3) is 3.97. The molecule has 1 aliphatic heterocycles. The van der Waals surface area contributed by atoms with Gasteiger partial charge in [-0.15, -0.1) is 10.2 Å². The molecule has 34 heavy (non-hydrogen) atoms. The summed E-state index contributed by atoms with van der Waals surface area (Å²) in [5, 5.41) is 11.7. The van der Waals surface area contributed by atoms with Gasteiger partial charge in [0.15, 0.2) is 11.5 Å². The van der Waals surface area contributed by atoms with Gasteiger partial charge in [0.1, 0.15) is 11.7 Å². The second-order valence-corrected chi connectivity index (χ2v) is 8.39. The average molecular weight is 469 g/mol. The van der Waals surface area contributed by atoms with Crippen LogP contribution in [0.4, 0.5) is 13.2 Å². The summed E-state index contributed by atoms with van der Waals surface area (Å²) in [6, 6.07) is 9.58. The lowest BCUT2D eigenvalue weighted by Crippen LogP contribution is -2.38. The number of pyridine rings is 2. The monoisotopic (exact) mass is 469 g/mol. The molecular formula is C23H22F3N7O. The Morgan fingerprint density at radius 3 is 2.68 bits per heavy atom. The van der Waals surface area contributed by atoms with E-state index in [0.717, 1.165) is 5.39 Å². The van der Waals surface area contributed by atoms with Crippen LogP contribution in [0, 0.1) is 0 Å². The van der Waals surface area contributed by atoms with Gasteiger partial charge in [-0.2, -0.15) is 13.2 Å². The lowest BCUT2D eigenvalue weighted by molar-refractivity contribution is -0.183. The number of nitrogens with zero attached hydrogens (tertiary/aromatic N) is 5. The van der Waals surface area contributed by atoms with Crippen molar-refractivity contribution in [2.75, 3.05) is 20.1 Å². The Kier molecular flexibility index (Phi) is 5.45. The predicted molar refractivity (Wildman–Crippen MR) is 120 cm³/mol. The lowest BCUT2D eigenvalue weighted by atomic mass is 10.1. The van der Waals surface area contributed by atoms with E-state index in [0.29, 0.717) is 34.7 Å². The Hall–Kier alpha value is -3.57. The quantitative estimate of drug-likeness (QED) is 0.477. The summed E-state index contributed by atoms with van der Waals surface area (Å²) in [5.74, 6) is 0.0645. The highest BCUT2D eigenvalue weighted by Gasteiger charge is 2.46. The van der Waals surface area contributed by atoms with Gasteiger partial charge in [-0.25, -0.2) is 4.98 Å². The van der Waals surface area contributed by atoms with Crippen LogP contribution in [0.15, 0.2) is 48.7 Å². The van der Waals surface area contributed by atoms with Crippen molar-refractivity contribution in [1.82, 2.24) is 29.8 Å². The van der Waals surface area contributed by atoms with Gasteiger partial charge in [0.2, 0.25) is 0 Å². The number of rotatable bonds is 4. The zero-order valence-electron chi connectivity index (χ0n) is 18.3. The van der Waals surface area contributed by atoms with Crippen molar-refractivity contribution in [1.29, 1.82) is 0 Å². The van der Waals surface area contributed by atoms with Crippen LogP contribution < -0.4 is 11.1 Å². The molecule has 1 amide bonds. The second kappa shape index (κ2) is 8.33. The molecule has 1 aliphatic rings. The third-order valence-corrected chi connectivity index (χ3v) is 6.08. The van der Waals surface area contributed by atoms with Gasteiger partial charge in [0.05, 0.1) is 5.52 Å². The molecule has 1 fully saturated rings. The number of halogens is 3. The molecule has 3 aromatic heterocycles. The molecule has 176 valence electrons. The highest BCUT2D eigenvalue weighted by atomic mass is 19.4. The molecule has 2 unspecified atom stereocenters. The Labute approximate surface area is 192 Å². The van der Waals surface area contributed by atoms with Gasteiger partial charge in [-0.3, -0.25) is 14.1 Å². The smallest absolute Gasteiger partial charge is 0.355 e. The Morgan fingerprint density at radius 1 is 1.18 bits per heavy atom. The number of nitrogens with one attached hydrogen (secondary N) is 1. The van der Waals surface area contributed by atoms with Crippen molar-refractivity contribution in [3.63, 3.8) is 0 Å². The molecule has 4 aromatic rings. The number of amides is 1. The van der Waals surface area contributed by atoms with Crippen LogP contribution in [-0.4, -0.2) is 62.7 Å². The number of alkyl halides is 3. The largest absolute Gasteiger partial charge is 0.408 e. The topological polar surface area (TPSA) is 101 Å². The van der Waals surface area contributed by atoms with Crippen molar-refractivity contribution < 1.29 is 18.0 Å². The van der Waals surface area contributed by atoms with Gasteiger partial charge >= 0.3 is 6.18 Å². The van der Waals surface area contributed by atoms with E-state index >= 15 is 0 Å². The fourth-order valence-electron chi connectivity index (χ4n) is 4.43. The van der Waals surface area contributed by atoms with E-state index in [4.69, 9.17) is 5.73 Å². The first-order valence-electron chi connectivity index (χ1n) is 10.8. The molecule has 0 radical (unpaired) electrons. The standard InChI is InChI=1S/C23H22F3N7O/c1-28-22(34)14-3-2-13-4-6-17(29-18(13)10-14)21-31-30-19-7-5-15(11-33(19)21)20(23(24,25)26)32-9-8-16(27)12-32/h2-7,10-11,16,20H,8-9,12,27H2,1H3,(H,28,34). The number of likely N-dealkylation sites (tertiary alicyclic amines) is 1. The zero-order chi connectivity index (χ0) is 24.0. The zero-order valence-corrected chi connectivity index (χ0v) is 18.3. The van der Waals surface area contributed by atoms with Crippen LogP contribution in [0.5, 0.6) is 0 Å². The number of hydrogen-bond donors (Lipinski definition) is 2. The number of benzene rings is 1. The van der Waals surface area contributed by atoms with Crippen LogP contribution >= 0.6 is 0 Å². The van der Waals surface area contributed by atoms with Crippen LogP contribution in [0.2, 0.25) is 0 Å². The summed E-state index contributed by atoms with van der Waals surface area (Å²) >= 11 is 0. The summed E-state index contributed by atoms with van der Waals surface area (Å²) in [4.78, 5) is 18.0. The van der Waals surface area contributed by atoms with Crippen molar-refractivity contribution in [3.05, 3.63) is 59.8 Å². The van der Waals surface area contributed by atoms with Crippen LogP contribution in [0.3, 0.4) is 0 Å². The fourth-order valence-corrected chi connectivity index (χ4v) is 4.43. The summed E-state index contributed by atoms with van der Waals surface area (Å²) in [7, 11) is 1.54. The minimum Gasteiger partial charge on any atom is -0.355 e. The summed E-state index contributed by atoms with van der Waals surface area (Å²) < 4.78 is 43.7. The molecule has 11 heteroatoms. The maximum atomic E-state index is 14.1. The van der Waals surface area contributed by atoms with E-state index in [1.54, 1.807) is 31.3 Å². The van der Waals surface area contributed by atoms with E-state index < -0.39 is 12.2 Å². The van der Waals surface area contributed by atoms with E-state index in [-0.39, 0.29) is 30.6 Å². The van der Waals surface area contributed by atoms with Gasteiger partial charge in [0, 0.05) is 43.3 Å². The number of hydrogen-bond acceptors (Lipinski definition) is 6. The first-order valence-corrected chi connectivity index (χ1v) is 10.8. The maximum Gasteiger partial charge on any atom is 0.408 e. The molecule has 4 heterocycles. The minimum absolute atomic E-state index is 0.0813. The maximum absolute atomic E-state index is 14.1.